The first-order valence-corrected chi connectivity index (χ1v) is 7.22. The first-order chi connectivity index (χ1) is 9.70. The van der Waals surface area contributed by atoms with E-state index in [1.54, 1.807) is 23.1 Å². The minimum Gasteiger partial charge on any atom is -0.325 e. The average molecular weight is 279 g/mol. The molecule has 1 aliphatic rings. The number of urea groups is 1. The van der Waals surface area contributed by atoms with Gasteiger partial charge in [0, 0.05) is 13.1 Å². The predicted octanol–water partition coefficient (Wildman–Crippen LogP) is 2.68. The molecule has 2 N–H and O–H groups in total. The topological polar surface area (TPSA) is 44.4 Å². The van der Waals surface area contributed by atoms with Crippen molar-refractivity contribution in [2.24, 2.45) is 5.92 Å². The third-order valence-corrected chi connectivity index (χ3v) is 3.70. The van der Waals surface area contributed by atoms with Gasteiger partial charge in [0.25, 0.3) is 0 Å². The molecule has 1 saturated heterocycles. The van der Waals surface area contributed by atoms with E-state index in [-0.39, 0.29) is 11.7 Å². The van der Waals surface area contributed by atoms with Crippen LogP contribution in [0.4, 0.5) is 14.9 Å². The second kappa shape index (κ2) is 7.24. The van der Waals surface area contributed by atoms with Gasteiger partial charge in [-0.15, -0.1) is 0 Å². The van der Waals surface area contributed by atoms with Crippen LogP contribution in [0.3, 0.4) is 0 Å². The molecule has 4 nitrogen and oxygen atoms in total. The van der Waals surface area contributed by atoms with Gasteiger partial charge in [-0.3, -0.25) is 0 Å². The number of rotatable bonds is 4. The number of para-hydroxylation sites is 1. The highest BCUT2D eigenvalue weighted by atomic mass is 19.1. The molecule has 1 aromatic carbocycles. The maximum absolute atomic E-state index is 13.5. The van der Waals surface area contributed by atoms with Crippen molar-refractivity contribution in [1.29, 1.82) is 0 Å². The van der Waals surface area contributed by atoms with Gasteiger partial charge < -0.3 is 15.5 Å². The smallest absolute Gasteiger partial charge is 0.321 e. The number of piperidine rings is 1. The van der Waals surface area contributed by atoms with E-state index < -0.39 is 5.82 Å². The predicted molar refractivity (Wildman–Crippen MR) is 78.3 cm³/mol. The molecule has 0 aromatic heterocycles. The van der Waals surface area contributed by atoms with Gasteiger partial charge in [0.15, 0.2) is 0 Å². The molecule has 2 amide bonds. The molecule has 0 aliphatic carbocycles. The summed E-state index contributed by atoms with van der Waals surface area (Å²) in [6, 6.07) is 6.03. The first kappa shape index (κ1) is 14.8. The Morgan fingerprint density at radius 1 is 1.35 bits per heavy atom. The summed E-state index contributed by atoms with van der Waals surface area (Å²) in [4.78, 5) is 13.8. The van der Waals surface area contributed by atoms with Crippen molar-refractivity contribution in [1.82, 2.24) is 10.2 Å². The molecule has 0 bridgehead atoms. The highest BCUT2D eigenvalue weighted by molar-refractivity contribution is 5.89. The standard InChI is InChI=1S/C15H22FN3O/c1-2-17-11-12-7-9-19(10-8-12)15(20)18-14-6-4-3-5-13(14)16/h3-6,12,17H,2,7-11H2,1H3,(H,18,20). The van der Waals surface area contributed by atoms with Crippen LogP contribution in [0.1, 0.15) is 19.8 Å². The maximum Gasteiger partial charge on any atom is 0.321 e. The van der Waals surface area contributed by atoms with Gasteiger partial charge in [0.1, 0.15) is 5.82 Å². The van der Waals surface area contributed by atoms with Gasteiger partial charge in [-0.1, -0.05) is 19.1 Å². The summed E-state index contributed by atoms with van der Waals surface area (Å²) >= 11 is 0. The van der Waals surface area contributed by atoms with E-state index in [2.05, 4.69) is 17.6 Å². The fraction of sp³-hybridized carbons (Fsp3) is 0.533. The van der Waals surface area contributed by atoms with Crippen molar-refractivity contribution in [3.8, 4) is 0 Å². The number of hydrogen-bond donors (Lipinski definition) is 2. The highest BCUT2D eigenvalue weighted by Gasteiger charge is 2.22. The van der Waals surface area contributed by atoms with E-state index in [0.29, 0.717) is 5.92 Å². The third-order valence-electron chi connectivity index (χ3n) is 3.70. The second-order valence-electron chi connectivity index (χ2n) is 5.15. The number of nitrogens with one attached hydrogen (secondary N) is 2. The number of carbonyl (C=O) groups excluding carboxylic acids is 1. The summed E-state index contributed by atoms with van der Waals surface area (Å²) in [7, 11) is 0. The lowest BCUT2D eigenvalue weighted by Gasteiger charge is -2.32. The minimum atomic E-state index is -0.400. The summed E-state index contributed by atoms with van der Waals surface area (Å²) in [6.07, 6.45) is 2.00. The van der Waals surface area contributed by atoms with Crippen molar-refractivity contribution >= 4 is 11.7 Å². The molecule has 0 saturated carbocycles. The zero-order valence-corrected chi connectivity index (χ0v) is 11.9. The molecule has 0 atom stereocenters. The van der Waals surface area contributed by atoms with Crippen molar-refractivity contribution in [3.05, 3.63) is 30.1 Å². The molecule has 20 heavy (non-hydrogen) atoms. The average Bonchev–Trinajstić information content (AvgIpc) is 2.48. The van der Waals surface area contributed by atoms with E-state index >= 15 is 0 Å². The maximum atomic E-state index is 13.5. The molecule has 1 heterocycles. The van der Waals surface area contributed by atoms with Crippen LogP contribution >= 0.6 is 0 Å². The Balaban J connectivity index is 1.82. The van der Waals surface area contributed by atoms with Gasteiger partial charge in [-0.05, 0) is 44.0 Å². The van der Waals surface area contributed by atoms with Crippen molar-refractivity contribution in [2.45, 2.75) is 19.8 Å². The van der Waals surface area contributed by atoms with Crippen molar-refractivity contribution in [3.63, 3.8) is 0 Å². The Morgan fingerprint density at radius 2 is 2.05 bits per heavy atom. The van der Waals surface area contributed by atoms with Gasteiger partial charge >= 0.3 is 6.03 Å². The summed E-state index contributed by atoms with van der Waals surface area (Å²) in [6.45, 7) is 5.55. The van der Waals surface area contributed by atoms with Gasteiger partial charge in [-0.25, -0.2) is 9.18 Å². The van der Waals surface area contributed by atoms with E-state index in [9.17, 15) is 9.18 Å². The number of anilines is 1. The largest absolute Gasteiger partial charge is 0.325 e. The number of likely N-dealkylation sites (tertiary alicyclic amines) is 1. The summed E-state index contributed by atoms with van der Waals surface area (Å²) in [5.41, 5.74) is 0.243. The third kappa shape index (κ3) is 3.93. The first-order valence-electron chi connectivity index (χ1n) is 7.22. The second-order valence-corrected chi connectivity index (χ2v) is 5.15. The molecule has 1 fully saturated rings. The van der Waals surface area contributed by atoms with Crippen LogP contribution < -0.4 is 10.6 Å². The lowest BCUT2D eigenvalue weighted by molar-refractivity contribution is 0.181. The summed E-state index contributed by atoms with van der Waals surface area (Å²) in [5, 5.41) is 5.97. The molecule has 0 unspecified atom stereocenters. The fourth-order valence-electron chi connectivity index (χ4n) is 2.45. The van der Waals surface area contributed by atoms with Crippen LogP contribution in [0.15, 0.2) is 24.3 Å². The van der Waals surface area contributed by atoms with Gasteiger partial charge in [0.05, 0.1) is 5.69 Å². The Bertz CT molecular complexity index is 444. The number of halogens is 1. The van der Waals surface area contributed by atoms with E-state index in [0.717, 1.165) is 39.0 Å². The molecule has 0 radical (unpaired) electrons. The van der Waals surface area contributed by atoms with Crippen LogP contribution in [0.2, 0.25) is 0 Å². The Hall–Kier alpha value is -1.62. The molecule has 1 aliphatic heterocycles. The zero-order valence-electron chi connectivity index (χ0n) is 11.9. The molecule has 2 rings (SSSR count). The Labute approximate surface area is 119 Å². The number of hydrogen-bond acceptors (Lipinski definition) is 2. The number of carbonyl (C=O) groups is 1. The molecule has 110 valence electrons. The molecular weight excluding hydrogens is 257 g/mol. The zero-order chi connectivity index (χ0) is 14.4. The quantitative estimate of drug-likeness (QED) is 0.890. The monoisotopic (exact) mass is 279 g/mol. The highest BCUT2D eigenvalue weighted by Crippen LogP contribution is 2.18. The van der Waals surface area contributed by atoms with Crippen LogP contribution in [0.25, 0.3) is 0 Å². The lowest BCUT2D eigenvalue weighted by atomic mass is 9.97. The molecule has 5 heteroatoms. The van der Waals surface area contributed by atoms with E-state index in [1.807, 2.05) is 0 Å². The fourth-order valence-corrected chi connectivity index (χ4v) is 2.45. The summed E-state index contributed by atoms with van der Waals surface area (Å²) in [5.74, 6) is 0.232. The van der Waals surface area contributed by atoms with Gasteiger partial charge in [0.2, 0.25) is 0 Å². The number of nitrogens with zero attached hydrogens (tertiary/aromatic N) is 1. The van der Waals surface area contributed by atoms with E-state index in [1.165, 1.54) is 6.07 Å². The SMILES string of the molecule is CCNCC1CCN(C(=O)Nc2ccccc2F)CC1. The summed E-state index contributed by atoms with van der Waals surface area (Å²) < 4.78 is 13.5. The van der Waals surface area contributed by atoms with Crippen molar-refractivity contribution < 1.29 is 9.18 Å². The van der Waals surface area contributed by atoms with Crippen LogP contribution in [0, 0.1) is 11.7 Å². The minimum absolute atomic E-state index is 0.211. The number of amides is 2. The number of benzene rings is 1. The normalized spacial score (nSPS) is 16.2. The van der Waals surface area contributed by atoms with Crippen LogP contribution in [0.5, 0.6) is 0 Å². The van der Waals surface area contributed by atoms with E-state index in [4.69, 9.17) is 0 Å². The van der Waals surface area contributed by atoms with Gasteiger partial charge in [-0.2, -0.15) is 0 Å². The van der Waals surface area contributed by atoms with Crippen LogP contribution in [-0.2, 0) is 0 Å². The van der Waals surface area contributed by atoms with Crippen molar-refractivity contribution in [2.75, 3.05) is 31.5 Å². The molecule has 0 spiro atoms. The molecular formula is C15H22FN3O. The molecule has 1 aromatic rings. The Kier molecular flexibility index (Phi) is 5.35. The lowest BCUT2D eigenvalue weighted by Crippen LogP contribution is -2.42. The van der Waals surface area contributed by atoms with Crippen LogP contribution in [-0.4, -0.2) is 37.1 Å². The Morgan fingerprint density at radius 3 is 2.70 bits per heavy atom.